The number of hydrogen-bond acceptors (Lipinski definition) is 4. The maximum atomic E-state index is 12.4. The zero-order valence-electron chi connectivity index (χ0n) is 14.5. The number of aromatic nitrogens is 2. The van der Waals surface area contributed by atoms with Gasteiger partial charge in [-0.1, -0.05) is 18.2 Å². The Labute approximate surface area is 147 Å². The number of benzene rings is 2. The molecule has 2 N–H and O–H groups in total. The molecular weight excluding hydrogens is 312 g/mol. The van der Waals surface area contributed by atoms with Crippen LogP contribution in [0.3, 0.4) is 0 Å². The summed E-state index contributed by atoms with van der Waals surface area (Å²) in [4.78, 5) is 20.9. The molecule has 0 bridgehead atoms. The van der Waals surface area contributed by atoms with Crippen LogP contribution in [0.5, 0.6) is 0 Å². The number of rotatable bonds is 4. The molecule has 1 amide bonds. The monoisotopic (exact) mass is 332 g/mol. The van der Waals surface area contributed by atoms with Crippen molar-refractivity contribution in [2.45, 2.75) is 20.8 Å². The molecule has 3 aromatic rings. The molecule has 2 aromatic carbocycles. The van der Waals surface area contributed by atoms with Crippen LogP contribution in [0, 0.1) is 20.8 Å². The smallest absolute Gasteiger partial charge is 0.274 e. The molecule has 0 aliphatic heterocycles. The van der Waals surface area contributed by atoms with Crippen LogP contribution < -0.4 is 10.6 Å². The lowest BCUT2D eigenvalue weighted by molar-refractivity contribution is 0.102. The fourth-order valence-corrected chi connectivity index (χ4v) is 2.64. The van der Waals surface area contributed by atoms with Crippen molar-refractivity contribution in [1.29, 1.82) is 0 Å². The minimum atomic E-state index is -0.267. The molecule has 1 aromatic heterocycles. The quantitative estimate of drug-likeness (QED) is 0.743. The first-order valence-electron chi connectivity index (χ1n) is 8.06. The molecule has 0 fully saturated rings. The number of nitrogens with one attached hydrogen (secondary N) is 2. The van der Waals surface area contributed by atoms with E-state index < -0.39 is 0 Å². The SMILES string of the molecule is Cc1cccc(NC(=O)c2ccnc(Nc3cc(C)cc(C)c3)n2)c1. The molecule has 0 radical (unpaired) electrons. The van der Waals surface area contributed by atoms with Gasteiger partial charge in [0.1, 0.15) is 5.69 Å². The standard InChI is InChI=1S/C20H20N4O/c1-13-5-4-6-16(10-13)22-19(25)18-7-8-21-20(24-18)23-17-11-14(2)9-15(3)12-17/h4-12H,1-3H3,(H,22,25)(H,21,23,24). The molecule has 0 aliphatic carbocycles. The Bertz CT molecular complexity index is 901. The highest BCUT2D eigenvalue weighted by Gasteiger charge is 2.10. The van der Waals surface area contributed by atoms with Crippen LogP contribution in [0.25, 0.3) is 0 Å². The van der Waals surface area contributed by atoms with E-state index in [0.29, 0.717) is 11.6 Å². The molecule has 5 heteroatoms. The molecule has 0 saturated carbocycles. The topological polar surface area (TPSA) is 66.9 Å². The first-order chi connectivity index (χ1) is 12.0. The minimum Gasteiger partial charge on any atom is -0.324 e. The summed E-state index contributed by atoms with van der Waals surface area (Å²) < 4.78 is 0. The van der Waals surface area contributed by atoms with Crippen LogP contribution in [0.4, 0.5) is 17.3 Å². The van der Waals surface area contributed by atoms with Crippen LogP contribution in [0.2, 0.25) is 0 Å². The van der Waals surface area contributed by atoms with Crippen molar-refractivity contribution in [2.75, 3.05) is 10.6 Å². The van der Waals surface area contributed by atoms with Crippen molar-refractivity contribution in [3.05, 3.63) is 77.1 Å². The second kappa shape index (κ2) is 7.13. The van der Waals surface area contributed by atoms with Gasteiger partial charge < -0.3 is 10.6 Å². The molecule has 0 atom stereocenters. The molecule has 25 heavy (non-hydrogen) atoms. The summed E-state index contributed by atoms with van der Waals surface area (Å²) in [5, 5.41) is 6.00. The number of carbonyl (C=O) groups is 1. The van der Waals surface area contributed by atoms with Crippen LogP contribution in [-0.4, -0.2) is 15.9 Å². The summed E-state index contributed by atoms with van der Waals surface area (Å²) in [5.41, 5.74) is 5.33. The zero-order valence-corrected chi connectivity index (χ0v) is 14.5. The first-order valence-corrected chi connectivity index (χ1v) is 8.06. The maximum Gasteiger partial charge on any atom is 0.274 e. The lowest BCUT2D eigenvalue weighted by Gasteiger charge is -2.09. The van der Waals surface area contributed by atoms with Gasteiger partial charge in [-0.2, -0.15) is 0 Å². The van der Waals surface area contributed by atoms with Gasteiger partial charge in [0, 0.05) is 17.6 Å². The normalized spacial score (nSPS) is 10.4. The van der Waals surface area contributed by atoms with E-state index in [1.807, 2.05) is 57.2 Å². The fourth-order valence-electron chi connectivity index (χ4n) is 2.64. The molecule has 0 aliphatic rings. The lowest BCUT2D eigenvalue weighted by Crippen LogP contribution is -2.14. The second-order valence-electron chi connectivity index (χ2n) is 6.09. The average Bonchev–Trinajstić information content (AvgIpc) is 2.54. The van der Waals surface area contributed by atoms with Gasteiger partial charge in [-0.05, 0) is 67.8 Å². The number of carbonyl (C=O) groups excluding carboxylic acids is 1. The van der Waals surface area contributed by atoms with Crippen molar-refractivity contribution >= 4 is 23.2 Å². The van der Waals surface area contributed by atoms with Gasteiger partial charge in [0.15, 0.2) is 0 Å². The third kappa shape index (κ3) is 4.41. The van der Waals surface area contributed by atoms with E-state index >= 15 is 0 Å². The number of amides is 1. The Kier molecular flexibility index (Phi) is 4.75. The summed E-state index contributed by atoms with van der Waals surface area (Å²) >= 11 is 0. The summed E-state index contributed by atoms with van der Waals surface area (Å²) in [6.07, 6.45) is 1.57. The van der Waals surface area contributed by atoms with Gasteiger partial charge in [0.05, 0.1) is 0 Å². The van der Waals surface area contributed by atoms with Gasteiger partial charge in [-0.3, -0.25) is 4.79 Å². The third-order valence-corrected chi connectivity index (χ3v) is 3.64. The zero-order chi connectivity index (χ0) is 17.8. The molecule has 0 saturated heterocycles. The van der Waals surface area contributed by atoms with E-state index in [9.17, 15) is 4.79 Å². The Morgan fingerprint density at radius 2 is 1.60 bits per heavy atom. The molecule has 126 valence electrons. The molecule has 0 unspecified atom stereocenters. The van der Waals surface area contributed by atoms with Gasteiger partial charge >= 0.3 is 0 Å². The Morgan fingerprint density at radius 1 is 0.880 bits per heavy atom. The van der Waals surface area contributed by atoms with Crippen LogP contribution in [0.15, 0.2) is 54.7 Å². The van der Waals surface area contributed by atoms with Gasteiger partial charge in [0.2, 0.25) is 5.95 Å². The Hall–Kier alpha value is -3.21. The summed E-state index contributed by atoms with van der Waals surface area (Å²) in [6.45, 7) is 6.04. The predicted molar refractivity (Wildman–Crippen MR) is 100 cm³/mol. The Balaban J connectivity index is 1.77. The van der Waals surface area contributed by atoms with Gasteiger partial charge in [0.25, 0.3) is 5.91 Å². The lowest BCUT2D eigenvalue weighted by atomic mass is 10.1. The predicted octanol–water partition coefficient (Wildman–Crippen LogP) is 4.40. The van der Waals surface area contributed by atoms with Gasteiger partial charge in [-0.15, -0.1) is 0 Å². The maximum absolute atomic E-state index is 12.4. The van der Waals surface area contributed by atoms with E-state index in [1.54, 1.807) is 12.3 Å². The molecule has 1 heterocycles. The number of hydrogen-bond donors (Lipinski definition) is 2. The number of nitrogens with zero attached hydrogens (tertiary/aromatic N) is 2. The van der Waals surface area contributed by atoms with Crippen molar-refractivity contribution in [3.63, 3.8) is 0 Å². The Morgan fingerprint density at radius 3 is 2.32 bits per heavy atom. The van der Waals surface area contributed by atoms with Crippen molar-refractivity contribution < 1.29 is 4.79 Å². The van der Waals surface area contributed by atoms with Gasteiger partial charge in [-0.25, -0.2) is 9.97 Å². The molecular formula is C20H20N4O. The third-order valence-electron chi connectivity index (χ3n) is 3.64. The van der Waals surface area contributed by atoms with Crippen LogP contribution in [0.1, 0.15) is 27.2 Å². The molecule has 0 spiro atoms. The van der Waals surface area contributed by atoms with Crippen molar-refractivity contribution in [2.24, 2.45) is 0 Å². The molecule has 3 rings (SSSR count). The van der Waals surface area contributed by atoms with Crippen LogP contribution >= 0.6 is 0 Å². The van der Waals surface area contributed by atoms with E-state index in [2.05, 4.69) is 26.7 Å². The molecule has 5 nitrogen and oxygen atoms in total. The highest BCUT2D eigenvalue weighted by Crippen LogP contribution is 2.17. The van der Waals surface area contributed by atoms with E-state index in [4.69, 9.17) is 0 Å². The van der Waals surface area contributed by atoms with E-state index in [0.717, 1.165) is 28.1 Å². The minimum absolute atomic E-state index is 0.267. The summed E-state index contributed by atoms with van der Waals surface area (Å²) in [7, 11) is 0. The fraction of sp³-hybridized carbons (Fsp3) is 0.150. The van der Waals surface area contributed by atoms with Crippen molar-refractivity contribution in [1.82, 2.24) is 9.97 Å². The van der Waals surface area contributed by atoms with E-state index in [-0.39, 0.29) is 5.91 Å². The highest BCUT2D eigenvalue weighted by atomic mass is 16.1. The highest BCUT2D eigenvalue weighted by molar-refractivity contribution is 6.03. The summed E-state index contributed by atoms with van der Waals surface area (Å²) in [6, 6.07) is 15.3. The van der Waals surface area contributed by atoms with E-state index in [1.165, 1.54) is 0 Å². The first kappa shape index (κ1) is 16.6. The summed E-state index contributed by atoms with van der Waals surface area (Å²) in [5.74, 6) is 0.123. The van der Waals surface area contributed by atoms with Crippen molar-refractivity contribution in [3.8, 4) is 0 Å². The second-order valence-corrected chi connectivity index (χ2v) is 6.09. The number of anilines is 3. The largest absolute Gasteiger partial charge is 0.324 e. The number of aryl methyl sites for hydroxylation is 3. The average molecular weight is 332 g/mol. The van der Waals surface area contributed by atoms with Crippen LogP contribution in [-0.2, 0) is 0 Å².